The summed E-state index contributed by atoms with van der Waals surface area (Å²) in [6.07, 6.45) is 34.8. The number of hydrogen-bond donors (Lipinski definition) is 2. The maximum Gasteiger partial charge on any atom is 0.469 e. The molecule has 0 rings (SSSR count). The lowest BCUT2D eigenvalue weighted by Gasteiger charge is -2.18. The Balaban J connectivity index is 4.42. The fourth-order valence-electron chi connectivity index (χ4n) is 2.81. The van der Waals surface area contributed by atoms with Crippen molar-refractivity contribution in [2.75, 3.05) is 13.2 Å². The molecule has 40 heavy (non-hydrogen) atoms. The number of phosphoric acid groups is 1. The van der Waals surface area contributed by atoms with Gasteiger partial charge in [-0.3, -0.25) is 14.1 Å². The van der Waals surface area contributed by atoms with Crippen LogP contribution in [0.15, 0.2) is 97.2 Å². The van der Waals surface area contributed by atoms with Gasteiger partial charge in [0.2, 0.25) is 0 Å². The summed E-state index contributed by atoms with van der Waals surface area (Å²) in [6.45, 7) is 3.18. The van der Waals surface area contributed by atoms with Gasteiger partial charge in [-0.05, 0) is 38.5 Å². The zero-order valence-corrected chi connectivity index (χ0v) is 24.6. The smallest absolute Gasteiger partial charge is 0.461 e. The molecule has 0 heterocycles. The van der Waals surface area contributed by atoms with E-state index in [0.717, 1.165) is 19.3 Å². The zero-order chi connectivity index (χ0) is 29.7. The molecule has 0 aromatic carbocycles. The molecule has 1 unspecified atom stereocenters. The van der Waals surface area contributed by atoms with Crippen LogP contribution in [0.4, 0.5) is 0 Å². The van der Waals surface area contributed by atoms with Crippen molar-refractivity contribution in [3.8, 4) is 0 Å². The van der Waals surface area contributed by atoms with Gasteiger partial charge < -0.3 is 19.3 Å². The van der Waals surface area contributed by atoms with Crippen molar-refractivity contribution in [2.24, 2.45) is 0 Å². The minimum atomic E-state index is -4.78. The highest BCUT2D eigenvalue weighted by Gasteiger charge is 2.22. The second-order valence-corrected chi connectivity index (χ2v) is 9.63. The summed E-state index contributed by atoms with van der Waals surface area (Å²) in [7, 11) is -4.78. The lowest BCUT2D eigenvalue weighted by atomic mass is 10.2. The molecule has 0 aliphatic heterocycles. The summed E-state index contributed by atoms with van der Waals surface area (Å²) in [5.41, 5.74) is 0. The van der Waals surface area contributed by atoms with Crippen LogP contribution in [0.1, 0.15) is 65.2 Å². The number of carbonyl (C=O) groups excluding carboxylic acids is 2. The fraction of sp³-hybridized carbons (Fsp3) is 0.419. The SMILES string of the molecule is CC/C=C/C=C/C=C/C=C/C=C/CCCC(=O)OC(COC(=O)C/C=C/C/C=C/C/C=C/CC)COP(=O)(O)O. The van der Waals surface area contributed by atoms with Gasteiger partial charge in [0.1, 0.15) is 6.61 Å². The van der Waals surface area contributed by atoms with E-state index >= 15 is 0 Å². The first-order valence-electron chi connectivity index (χ1n) is 13.6. The lowest BCUT2D eigenvalue weighted by Crippen LogP contribution is -2.29. The van der Waals surface area contributed by atoms with E-state index in [9.17, 15) is 14.2 Å². The van der Waals surface area contributed by atoms with Crippen molar-refractivity contribution in [1.82, 2.24) is 0 Å². The van der Waals surface area contributed by atoms with E-state index in [2.05, 4.69) is 36.6 Å². The Kier molecular flexibility index (Phi) is 24.2. The first-order chi connectivity index (χ1) is 19.3. The number of unbranched alkanes of at least 4 members (excludes halogenated alkanes) is 1. The summed E-state index contributed by atoms with van der Waals surface area (Å²) < 4.78 is 25.8. The van der Waals surface area contributed by atoms with Crippen LogP contribution in [0.2, 0.25) is 0 Å². The number of hydrogen-bond acceptors (Lipinski definition) is 6. The van der Waals surface area contributed by atoms with Crippen molar-refractivity contribution in [3.05, 3.63) is 97.2 Å². The van der Waals surface area contributed by atoms with E-state index in [4.69, 9.17) is 19.3 Å². The second kappa shape index (κ2) is 26.2. The van der Waals surface area contributed by atoms with Gasteiger partial charge in [0, 0.05) is 6.42 Å². The van der Waals surface area contributed by atoms with Crippen LogP contribution in [-0.4, -0.2) is 41.0 Å². The third-order valence-electron chi connectivity index (χ3n) is 4.76. The molecule has 1 atom stereocenters. The predicted octanol–water partition coefficient (Wildman–Crippen LogP) is 7.16. The van der Waals surface area contributed by atoms with Crippen molar-refractivity contribution >= 4 is 19.8 Å². The lowest BCUT2D eigenvalue weighted by molar-refractivity contribution is -0.160. The van der Waals surface area contributed by atoms with E-state index < -0.39 is 32.5 Å². The van der Waals surface area contributed by atoms with Crippen LogP contribution in [0, 0.1) is 0 Å². The van der Waals surface area contributed by atoms with E-state index in [1.165, 1.54) is 0 Å². The number of allylic oxidation sites excluding steroid dienone is 15. The Morgan fingerprint density at radius 3 is 1.85 bits per heavy atom. The van der Waals surface area contributed by atoms with E-state index in [1.54, 1.807) is 6.08 Å². The van der Waals surface area contributed by atoms with Gasteiger partial charge in [0.25, 0.3) is 0 Å². The molecule has 0 saturated heterocycles. The van der Waals surface area contributed by atoms with Crippen molar-refractivity contribution in [3.63, 3.8) is 0 Å². The third-order valence-corrected chi connectivity index (χ3v) is 5.24. The molecule has 2 N–H and O–H groups in total. The van der Waals surface area contributed by atoms with Gasteiger partial charge in [-0.2, -0.15) is 0 Å². The normalized spacial score (nSPS) is 14.0. The van der Waals surface area contributed by atoms with E-state index in [1.807, 2.05) is 72.9 Å². The van der Waals surface area contributed by atoms with Gasteiger partial charge in [0.05, 0.1) is 13.0 Å². The molecule has 8 nitrogen and oxygen atoms in total. The van der Waals surface area contributed by atoms with Gasteiger partial charge in [0.15, 0.2) is 6.10 Å². The van der Waals surface area contributed by atoms with Crippen LogP contribution < -0.4 is 0 Å². The molecular formula is C31H45O8P. The number of rotatable bonds is 22. The molecule has 9 heteroatoms. The number of ether oxygens (including phenoxy) is 2. The molecular weight excluding hydrogens is 531 g/mol. The maximum absolute atomic E-state index is 12.2. The van der Waals surface area contributed by atoms with Crippen LogP contribution >= 0.6 is 7.82 Å². The van der Waals surface area contributed by atoms with Crippen molar-refractivity contribution in [2.45, 2.75) is 71.3 Å². The Morgan fingerprint density at radius 2 is 1.25 bits per heavy atom. The molecule has 0 aromatic heterocycles. The van der Waals surface area contributed by atoms with Crippen molar-refractivity contribution < 1.29 is 37.9 Å². The molecule has 0 aliphatic rings. The first-order valence-corrected chi connectivity index (χ1v) is 15.1. The zero-order valence-electron chi connectivity index (χ0n) is 23.7. The quantitative estimate of drug-likeness (QED) is 0.0458. The van der Waals surface area contributed by atoms with E-state index in [-0.39, 0.29) is 19.4 Å². The topological polar surface area (TPSA) is 119 Å². The van der Waals surface area contributed by atoms with Crippen LogP contribution in [0.25, 0.3) is 0 Å². The van der Waals surface area contributed by atoms with Gasteiger partial charge >= 0.3 is 19.8 Å². The van der Waals surface area contributed by atoms with Crippen LogP contribution in [-0.2, 0) is 28.2 Å². The predicted molar refractivity (Wildman–Crippen MR) is 160 cm³/mol. The molecule has 222 valence electrons. The van der Waals surface area contributed by atoms with Gasteiger partial charge in [-0.15, -0.1) is 0 Å². The largest absolute Gasteiger partial charge is 0.469 e. The highest BCUT2D eigenvalue weighted by molar-refractivity contribution is 7.46. The first kappa shape index (κ1) is 37.0. The summed E-state index contributed by atoms with van der Waals surface area (Å²) in [4.78, 5) is 42.1. The summed E-state index contributed by atoms with van der Waals surface area (Å²) >= 11 is 0. The summed E-state index contributed by atoms with van der Waals surface area (Å²) in [6, 6.07) is 0. The minimum absolute atomic E-state index is 0.0210. The van der Waals surface area contributed by atoms with Crippen LogP contribution in [0.3, 0.4) is 0 Å². The van der Waals surface area contributed by atoms with Crippen LogP contribution in [0.5, 0.6) is 0 Å². The standard InChI is InChI=1S/C31H45O8P/c1-3-5-7-9-11-13-14-15-16-18-20-22-24-26-31(33)39-29(28-38-40(34,35)36)27-37-30(32)25-23-21-19-17-12-10-8-6-4-2/h5-9,11-18,20-21,23,29H,3-4,10,19,22,24-28H2,1-2H3,(H2,34,35,36)/b7-5+,8-6+,11-9+,14-13+,16-15+,17-12+,20-18+,23-21+. The minimum Gasteiger partial charge on any atom is -0.461 e. The molecule has 0 saturated carbocycles. The average Bonchev–Trinajstić information content (AvgIpc) is 2.91. The monoisotopic (exact) mass is 576 g/mol. The van der Waals surface area contributed by atoms with Gasteiger partial charge in [-0.25, -0.2) is 4.57 Å². The Hall–Kier alpha value is -3.03. The molecule has 0 fully saturated rings. The van der Waals surface area contributed by atoms with E-state index in [0.29, 0.717) is 19.3 Å². The molecule has 0 amide bonds. The molecule has 0 bridgehead atoms. The molecule has 0 radical (unpaired) electrons. The maximum atomic E-state index is 12.2. The Labute approximate surface area is 239 Å². The molecule has 0 aliphatic carbocycles. The average molecular weight is 577 g/mol. The second-order valence-electron chi connectivity index (χ2n) is 8.39. The number of carbonyl (C=O) groups is 2. The van der Waals surface area contributed by atoms with Crippen molar-refractivity contribution in [1.29, 1.82) is 0 Å². The highest BCUT2D eigenvalue weighted by atomic mass is 31.2. The highest BCUT2D eigenvalue weighted by Crippen LogP contribution is 2.35. The third kappa shape index (κ3) is 28.0. The van der Waals surface area contributed by atoms with Gasteiger partial charge in [-0.1, -0.05) is 111 Å². The number of esters is 2. The number of phosphoric ester groups is 1. The molecule has 0 aromatic rings. The fourth-order valence-corrected chi connectivity index (χ4v) is 3.17. The summed E-state index contributed by atoms with van der Waals surface area (Å²) in [5.74, 6) is -1.13. The Bertz CT molecular complexity index is 964. The Morgan fingerprint density at radius 1 is 0.700 bits per heavy atom. The molecule has 0 spiro atoms. The summed E-state index contributed by atoms with van der Waals surface area (Å²) in [5, 5.41) is 0.